The zero-order valence-corrected chi connectivity index (χ0v) is 8.03. The van der Waals surface area contributed by atoms with Gasteiger partial charge in [-0.05, 0) is 12.5 Å². The van der Waals surface area contributed by atoms with Crippen LogP contribution < -0.4 is 0 Å². The van der Waals surface area contributed by atoms with Crippen LogP contribution in [0.25, 0.3) is 0 Å². The van der Waals surface area contributed by atoms with Crippen molar-refractivity contribution in [2.24, 2.45) is 0 Å². The molecule has 0 aromatic rings. The normalized spacial score (nSPS) is 9.43. The number of hydrogen-bond donors (Lipinski definition) is 2. The molecule has 0 aromatic heterocycles. The molecule has 0 unspecified atom stereocenters. The SMILES string of the molecule is CS(C)=[PH](O)O.[Mo]. The van der Waals surface area contributed by atoms with Gasteiger partial charge in [0.05, 0.1) is 0 Å². The van der Waals surface area contributed by atoms with E-state index in [4.69, 9.17) is 9.79 Å². The predicted molar refractivity (Wildman–Crippen MR) is 32.0 cm³/mol. The van der Waals surface area contributed by atoms with Crippen LogP contribution in [0.3, 0.4) is 0 Å². The Labute approximate surface area is 60.7 Å². The Bertz CT molecular complexity index is 65.8. The van der Waals surface area contributed by atoms with E-state index in [0.29, 0.717) is 0 Å². The Balaban J connectivity index is 0. The Morgan fingerprint density at radius 2 is 1.43 bits per heavy atom. The summed E-state index contributed by atoms with van der Waals surface area (Å²) in [5.41, 5.74) is 0. The van der Waals surface area contributed by atoms with Crippen LogP contribution in [0.2, 0.25) is 0 Å². The van der Waals surface area contributed by atoms with E-state index in [1.165, 1.54) is 0 Å². The van der Waals surface area contributed by atoms with Gasteiger partial charge in [-0.15, -0.1) is 0 Å². The van der Waals surface area contributed by atoms with Crippen molar-refractivity contribution in [3.05, 3.63) is 0 Å². The minimum Gasteiger partial charge on any atom is -0.351 e. The van der Waals surface area contributed by atoms with Crippen molar-refractivity contribution in [2.45, 2.75) is 0 Å². The molecule has 0 aliphatic rings. The topological polar surface area (TPSA) is 40.5 Å². The van der Waals surface area contributed by atoms with Crippen LogP contribution in [-0.4, -0.2) is 22.3 Å². The first-order valence-electron chi connectivity index (χ1n) is 1.47. The molecular weight excluding hydrogens is 215 g/mol. The van der Waals surface area contributed by atoms with Crippen molar-refractivity contribution in [1.29, 1.82) is 0 Å². The molecule has 7 heavy (non-hydrogen) atoms. The van der Waals surface area contributed by atoms with Gasteiger partial charge < -0.3 is 9.79 Å². The molecule has 0 atom stereocenters. The van der Waals surface area contributed by atoms with E-state index < -0.39 is 7.15 Å². The van der Waals surface area contributed by atoms with Crippen LogP contribution in [0.4, 0.5) is 0 Å². The van der Waals surface area contributed by atoms with Crippen LogP contribution in [-0.2, 0) is 31.1 Å². The summed E-state index contributed by atoms with van der Waals surface area (Å²) in [6.45, 7) is 0. The van der Waals surface area contributed by atoms with E-state index in [2.05, 4.69) is 0 Å². The molecule has 46 valence electrons. The second-order valence-electron chi connectivity index (χ2n) is 1.10. The fourth-order valence-electron chi connectivity index (χ4n) is 0. The summed E-state index contributed by atoms with van der Waals surface area (Å²) in [7, 11) is -2.08. The summed E-state index contributed by atoms with van der Waals surface area (Å²) in [5, 5.41) is 0. The van der Waals surface area contributed by atoms with Gasteiger partial charge in [-0.1, -0.05) is 0 Å². The van der Waals surface area contributed by atoms with E-state index in [1.54, 1.807) is 0 Å². The maximum absolute atomic E-state index is 8.30. The van der Waals surface area contributed by atoms with Gasteiger partial charge in [0.25, 0.3) is 0 Å². The third kappa shape index (κ3) is 7.39. The second-order valence-corrected chi connectivity index (χ2v) is 6.84. The van der Waals surface area contributed by atoms with E-state index >= 15 is 0 Å². The van der Waals surface area contributed by atoms with Crippen molar-refractivity contribution in [3.63, 3.8) is 0 Å². The Morgan fingerprint density at radius 3 is 1.43 bits per heavy atom. The summed E-state index contributed by atoms with van der Waals surface area (Å²) >= 11 is 0. The van der Waals surface area contributed by atoms with Gasteiger partial charge in [-0.2, -0.15) is 10.1 Å². The molecule has 2 nitrogen and oxygen atoms in total. The Kier molecular flexibility index (Phi) is 8.85. The van der Waals surface area contributed by atoms with Gasteiger partial charge >= 0.3 is 0 Å². The van der Waals surface area contributed by atoms with Gasteiger partial charge in [0.2, 0.25) is 0 Å². The predicted octanol–water partition coefficient (Wildman–Crippen LogP) is -0.194. The van der Waals surface area contributed by atoms with Crippen molar-refractivity contribution in [3.8, 4) is 0 Å². The molecule has 0 aromatic carbocycles. The standard InChI is InChI=1S/C2H9O2PS.Mo/c1-6(2)5(3)4;/h3-5H,1-2H3;. The molecule has 0 radical (unpaired) electrons. The summed E-state index contributed by atoms with van der Waals surface area (Å²) in [4.78, 5) is 16.6. The average Bonchev–Trinajstić information content (AvgIpc) is 1.36. The first kappa shape index (κ1) is 11.2. The van der Waals surface area contributed by atoms with Crippen molar-refractivity contribution in [1.82, 2.24) is 0 Å². The van der Waals surface area contributed by atoms with Gasteiger partial charge in [-0.25, -0.2) is 0 Å². The molecule has 0 fully saturated rings. The Hall–Kier alpha value is 1.39. The largest absolute Gasteiger partial charge is 0.351 e. The monoisotopic (exact) mass is 226 g/mol. The van der Waals surface area contributed by atoms with Gasteiger partial charge in [0.15, 0.2) is 0 Å². The van der Waals surface area contributed by atoms with E-state index in [9.17, 15) is 0 Å². The molecule has 0 heterocycles. The first-order valence-corrected chi connectivity index (χ1v) is 5.63. The Morgan fingerprint density at radius 1 is 1.29 bits per heavy atom. The maximum Gasteiger partial charge on any atom is 0.130 e. The molecule has 0 aliphatic carbocycles. The van der Waals surface area contributed by atoms with Gasteiger partial charge in [-0.3, -0.25) is 0 Å². The smallest absolute Gasteiger partial charge is 0.130 e. The summed E-state index contributed by atoms with van der Waals surface area (Å²) in [6, 6.07) is 0. The van der Waals surface area contributed by atoms with Crippen LogP contribution in [0.5, 0.6) is 0 Å². The summed E-state index contributed by atoms with van der Waals surface area (Å²) < 4.78 is 0. The first-order chi connectivity index (χ1) is 2.64. The molecule has 0 saturated carbocycles. The number of hydrogen-bond acceptors (Lipinski definition) is 0. The van der Waals surface area contributed by atoms with Crippen LogP contribution in [0, 0.1) is 0 Å². The summed E-state index contributed by atoms with van der Waals surface area (Å²) in [6.07, 6.45) is 3.63. The fraction of sp³-hybridized carbons (Fsp3) is 1.00. The third-order valence-electron chi connectivity index (χ3n) is 0.365. The second kappa shape index (κ2) is 5.52. The average molecular weight is 224 g/mol. The minimum absolute atomic E-state index is 0. The molecule has 0 spiro atoms. The molecule has 0 aliphatic heterocycles. The van der Waals surface area contributed by atoms with Crippen LogP contribution >= 0.6 is 7.15 Å². The molecule has 5 heteroatoms. The molecule has 0 saturated heterocycles. The molecule has 0 amide bonds. The molecule has 0 bridgehead atoms. The van der Waals surface area contributed by atoms with Crippen LogP contribution in [0.15, 0.2) is 0 Å². The van der Waals surface area contributed by atoms with Gasteiger partial charge in [0, 0.05) is 21.1 Å². The maximum atomic E-state index is 8.30. The minimum atomic E-state index is -1.92. The molecule has 0 rings (SSSR count). The quantitative estimate of drug-likeness (QED) is 0.442. The van der Waals surface area contributed by atoms with Crippen molar-refractivity contribution >= 4 is 17.2 Å². The van der Waals surface area contributed by atoms with E-state index in [-0.39, 0.29) is 31.1 Å². The van der Waals surface area contributed by atoms with E-state index in [0.717, 1.165) is 0 Å². The van der Waals surface area contributed by atoms with Crippen molar-refractivity contribution in [2.75, 3.05) is 12.5 Å². The molecule has 2 N–H and O–H groups in total. The van der Waals surface area contributed by atoms with Crippen molar-refractivity contribution < 1.29 is 30.9 Å². The van der Waals surface area contributed by atoms with Gasteiger partial charge in [0.1, 0.15) is 7.15 Å². The molecular formula is C2H9MoO2PS. The third-order valence-corrected chi connectivity index (χ3v) is 3.29. The number of rotatable bonds is 0. The fourth-order valence-corrected chi connectivity index (χ4v) is 0. The zero-order valence-electron chi connectivity index (χ0n) is 4.21. The van der Waals surface area contributed by atoms with E-state index in [1.807, 2.05) is 12.5 Å². The van der Waals surface area contributed by atoms with Crippen LogP contribution in [0.1, 0.15) is 0 Å². The zero-order chi connectivity index (χ0) is 5.15. The summed E-state index contributed by atoms with van der Waals surface area (Å²) in [5.74, 6) is 0.